The van der Waals surface area contributed by atoms with Gasteiger partial charge < -0.3 is 25.7 Å². The molecule has 2 rings (SSSR count). The third-order valence-corrected chi connectivity index (χ3v) is 3.72. The summed E-state index contributed by atoms with van der Waals surface area (Å²) in [5.74, 6) is -2.27. The van der Waals surface area contributed by atoms with Crippen LogP contribution in [0.1, 0.15) is 28.8 Å². The average molecular weight is 349 g/mol. The van der Waals surface area contributed by atoms with Crippen LogP contribution < -0.4 is 10.6 Å². The fraction of sp³-hybridized carbons (Fsp3) is 0.375. The summed E-state index contributed by atoms with van der Waals surface area (Å²) in [5, 5.41) is 23.0. The Balaban J connectivity index is 1.81. The van der Waals surface area contributed by atoms with Gasteiger partial charge in [-0.1, -0.05) is 12.1 Å². The number of likely N-dealkylation sites (tertiary alicyclic amines) is 1. The van der Waals surface area contributed by atoms with Crippen molar-refractivity contribution < 1.29 is 29.4 Å². The molecule has 1 saturated heterocycles. The van der Waals surface area contributed by atoms with E-state index in [1.807, 2.05) is 0 Å². The molecule has 0 radical (unpaired) electrons. The van der Waals surface area contributed by atoms with E-state index in [0.717, 1.165) is 10.5 Å². The number of aliphatic hydroxyl groups is 1. The molecule has 25 heavy (non-hydrogen) atoms. The molecule has 1 aromatic carbocycles. The van der Waals surface area contributed by atoms with Crippen LogP contribution in [0, 0.1) is 0 Å². The largest absolute Gasteiger partial charge is 0.480 e. The predicted molar refractivity (Wildman–Crippen MR) is 85.2 cm³/mol. The van der Waals surface area contributed by atoms with Gasteiger partial charge >= 0.3 is 5.97 Å². The summed E-state index contributed by atoms with van der Waals surface area (Å²) >= 11 is 0. The fourth-order valence-corrected chi connectivity index (χ4v) is 2.35. The van der Waals surface area contributed by atoms with Gasteiger partial charge in [-0.15, -0.1) is 0 Å². The summed E-state index contributed by atoms with van der Waals surface area (Å²) in [7, 11) is 0. The van der Waals surface area contributed by atoms with Crippen LogP contribution >= 0.6 is 0 Å². The van der Waals surface area contributed by atoms with Crippen molar-refractivity contribution in [2.45, 2.75) is 25.6 Å². The number of carboxylic acid groups (broad SMARTS) is 1. The zero-order chi connectivity index (χ0) is 18.4. The van der Waals surface area contributed by atoms with Crippen molar-refractivity contribution in [3.05, 3.63) is 35.4 Å². The minimum absolute atomic E-state index is 0.199. The van der Waals surface area contributed by atoms with Crippen molar-refractivity contribution in [3.63, 3.8) is 0 Å². The van der Waals surface area contributed by atoms with Crippen molar-refractivity contribution in [2.24, 2.45) is 0 Å². The van der Waals surface area contributed by atoms with E-state index in [1.165, 1.54) is 12.1 Å². The fourth-order valence-electron chi connectivity index (χ4n) is 2.35. The van der Waals surface area contributed by atoms with Crippen LogP contribution in [0.4, 0.5) is 0 Å². The topological polar surface area (TPSA) is 136 Å². The van der Waals surface area contributed by atoms with Crippen LogP contribution in [0.15, 0.2) is 24.3 Å². The molecule has 9 heteroatoms. The monoisotopic (exact) mass is 349 g/mol. The molecule has 0 saturated carbocycles. The van der Waals surface area contributed by atoms with E-state index in [9.17, 15) is 24.3 Å². The van der Waals surface area contributed by atoms with Crippen LogP contribution in [0.5, 0.6) is 0 Å². The van der Waals surface area contributed by atoms with Gasteiger partial charge in [-0.05, 0) is 17.7 Å². The molecule has 1 fully saturated rings. The molecule has 0 aliphatic carbocycles. The Bertz CT molecular complexity index is 673. The second-order valence-corrected chi connectivity index (χ2v) is 5.59. The maximum Gasteiger partial charge on any atom is 0.322 e. The molecule has 0 spiro atoms. The first-order valence-electron chi connectivity index (χ1n) is 7.70. The lowest BCUT2D eigenvalue weighted by molar-refractivity contribution is -0.139. The molecular formula is C16H19N3O6. The Morgan fingerprint density at radius 3 is 2.40 bits per heavy atom. The number of benzene rings is 1. The van der Waals surface area contributed by atoms with Gasteiger partial charge in [0.2, 0.25) is 11.8 Å². The summed E-state index contributed by atoms with van der Waals surface area (Å²) in [6.07, 6.45) is -0.348. The van der Waals surface area contributed by atoms with Crippen LogP contribution in [0.25, 0.3) is 0 Å². The van der Waals surface area contributed by atoms with Crippen molar-refractivity contribution >= 4 is 23.7 Å². The molecule has 134 valence electrons. The molecule has 1 atom stereocenters. The number of aliphatic carboxylic acids is 1. The Kier molecular flexibility index (Phi) is 6.07. The smallest absolute Gasteiger partial charge is 0.322 e. The van der Waals surface area contributed by atoms with Crippen molar-refractivity contribution in [1.82, 2.24) is 15.5 Å². The highest BCUT2D eigenvalue weighted by molar-refractivity contribution is 5.95. The van der Waals surface area contributed by atoms with Gasteiger partial charge in [0.15, 0.2) is 0 Å². The Hall–Kier alpha value is -2.94. The number of rotatable bonds is 7. The molecule has 0 bridgehead atoms. The minimum Gasteiger partial charge on any atom is -0.480 e. The molecular weight excluding hydrogens is 330 g/mol. The number of hydrogen-bond acceptors (Lipinski definition) is 5. The highest BCUT2D eigenvalue weighted by Gasteiger charge is 2.30. The highest BCUT2D eigenvalue weighted by Crippen LogP contribution is 2.15. The Labute approximate surface area is 143 Å². The molecule has 1 aromatic rings. The summed E-state index contributed by atoms with van der Waals surface area (Å²) in [4.78, 5) is 46.6. The van der Waals surface area contributed by atoms with E-state index >= 15 is 0 Å². The van der Waals surface area contributed by atoms with Gasteiger partial charge in [0.1, 0.15) is 19.3 Å². The first-order valence-corrected chi connectivity index (χ1v) is 7.70. The van der Waals surface area contributed by atoms with Crippen LogP contribution in [0.2, 0.25) is 0 Å². The van der Waals surface area contributed by atoms with Crippen LogP contribution in [0.3, 0.4) is 0 Å². The third-order valence-electron chi connectivity index (χ3n) is 3.72. The maximum absolute atomic E-state index is 11.9. The molecule has 1 heterocycles. The minimum atomic E-state index is -1.13. The number of carboxylic acids is 1. The number of nitrogens with zero attached hydrogens (tertiary/aromatic N) is 1. The van der Waals surface area contributed by atoms with E-state index in [-0.39, 0.29) is 25.4 Å². The van der Waals surface area contributed by atoms with Crippen molar-refractivity contribution in [3.8, 4) is 0 Å². The normalized spacial score (nSPS) is 16.6. The van der Waals surface area contributed by atoms with E-state index in [0.29, 0.717) is 12.0 Å². The van der Waals surface area contributed by atoms with Crippen molar-refractivity contribution in [1.29, 1.82) is 0 Å². The van der Waals surface area contributed by atoms with E-state index in [4.69, 9.17) is 5.11 Å². The second-order valence-electron chi connectivity index (χ2n) is 5.59. The van der Waals surface area contributed by atoms with Gasteiger partial charge in [-0.2, -0.15) is 0 Å². The lowest BCUT2D eigenvalue weighted by Crippen LogP contribution is -2.41. The number of aliphatic hydroxyl groups excluding tert-OH is 1. The molecule has 0 aromatic heterocycles. The van der Waals surface area contributed by atoms with E-state index in [1.54, 1.807) is 12.1 Å². The average Bonchev–Trinajstić information content (AvgIpc) is 2.90. The number of amides is 3. The quantitative estimate of drug-likeness (QED) is 0.501. The number of carbonyl (C=O) groups is 4. The lowest BCUT2D eigenvalue weighted by Gasteiger charge is -2.19. The summed E-state index contributed by atoms with van der Waals surface area (Å²) < 4.78 is 0. The lowest BCUT2D eigenvalue weighted by atomic mass is 10.1. The molecule has 3 amide bonds. The molecule has 1 unspecified atom stereocenters. The molecule has 4 N–H and O–H groups in total. The SMILES string of the molecule is O=C(O)CNC(=O)c1ccc(CNC(=O)CN2C(=O)CCC2O)cc1. The first kappa shape index (κ1) is 18.4. The summed E-state index contributed by atoms with van der Waals surface area (Å²) in [6, 6.07) is 6.30. The predicted octanol–water partition coefficient (Wildman–Crippen LogP) is -0.942. The van der Waals surface area contributed by atoms with E-state index < -0.39 is 30.6 Å². The number of carbonyl (C=O) groups excluding carboxylic acids is 3. The van der Waals surface area contributed by atoms with Crippen molar-refractivity contribution in [2.75, 3.05) is 13.1 Å². The molecule has 1 aliphatic rings. The zero-order valence-corrected chi connectivity index (χ0v) is 13.4. The zero-order valence-electron chi connectivity index (χ0n) is 13.4. The summed E-state index contributed by atoms with van der Waals surface area (Å²) in [5.41, 5.74) is 1.04. The second kappa shape index (κ2) is 8.25. The number of nitrogens with one attached hydrogen (secondary N) is 2. The summed E-state index contributed by atoms with van der Waals surface area (Å²) in [6.45, 7) is -0.457. The van der Waals surface area contributed by atoms with Gasteiger partial charge in [0.25, 0.3) is 5.91 Å². The maximum atomic E-state index is 11.9. The number of hydrogen-bond donors (Lipinski definition) is 4. The molecule has 1 aliphatic heterocycles. The Morgan fingerprint density at radius 1 is 1.16 bits per heavy atom. The van der Waals surface area contributed by atoms with Crippen LogP contribution in [-0.2, 0) is 20.9 Å². The Morgan fingerprint density at radius 2 is 1.84 bits per heavy atom. The van der Waals surface area contributed by atoms with E-state index in [2.05, 4.69) is 10.6 Å². The van der Waals surface area contributed by atoms with Gasteiger partial charge in [0, 0.05) is 24.9 Å². The third kappa shape index (κ3) is 5.28. The van der Waals surface area contributed by atoms with Crippen LogP contribution in [-0.4, -0.2) is 58.1 Å². The van der Waals surface area contributed by atoms with Gasteiger partial charge in [-0.3, -0.25) is 19.2 Å². The highest BCUT2D eigenvalue weighted by atomic mass is 16.4. The molecule has 9 nitrogen and oxygen atoms in total. The standard InChI is InChI=1S/C16H19N3O6/c20-12(9-19-13(21)5-6-14(19)22)17-7-10-1-3-11(4-2-10)16(25)18-8-15(23)24/h1-4,13,21H,5-9H2,(H,17,20)(H,18,25)(H,23,24). The van der Waals surface area contributed by atoms with Gasteiger partial charge in [-0.25, -0.2) is 0 Å². The first-order chi connectivity index (χ1) is 11.9. The van der Waals surface area contributed by atoms with Gasteiger partial charge in [0.05, 0.1) is 0 Å².